The zero-order valence-electron chi connectivity index (χ0n) is 11.9. The average molecular weight is 254 g/mol. The molecule has 19 heavy (non-hydrogen) atoms. The van der Waals surface area contributed by atoms with Gasteiger partial charge in [0.15, 0.2) is 0 Å². The van der Waals surface area contributed by atoms with Gasteiger partial charge in [-0.1, -0.05) is 38.1 Å². The summed E-state index contributed by atoms with van der Waals surface area (Å²) in [4.78, 5) is 4.11. The Labute approximate surface area is 115 Å². The average Bonchev–Trinajstić information content (AvgIpc) is 2.39. The largest absolute Gasteiger partial charge is 0.324 e. The summed E-state index contributed by atoms with van der Waals surface area (Å²) < 4.78 is 0. The van der Waals surface area contributed by atoms with Crippen molar-refractivity contribution in [3.05, 3.63) is 65.0 Å². The Morgan fingerprint density at radius 1 is 1.11 bits per heavy atom. The molecule has 2 N–H and O–H groups in total. The van der Waals surface area contributed by atoms with Crippen LogP contribution in [0.4, 0.5) is 0 Å². The third-order valence-electron chi connectivity index (χ3n) is 3.57. The maximum absolute atomic E-state index is 6.30. The zero-order valence-corrected chi connectivity index (χ0v) is 11.9. The SMILES string of the molecule is Cc1cnccc1C(N)Cc1ccc(C(C)C)cc1. The summed E-state index contributed by atoms with van der Waals surface area (Å²) >= 11 is 0. The maximum atomic E-state index is 6.30. The van der Waals surface area contributed by atoms with Gasteiger partial charge < -0.3 is 5.73 Å². The first kappa shape index (κ1) is 13.8. The number of hydrogen-bond donors (Lipinski definition) is 1. The van der Waals surface area contributed by atoms with Gasteiger partial charge in [-0.2, -0.15) is 0 Å². The van der Waals surface area contributed by atoms with E-state index < -0.39 is 0 Å². The molecule has 2 nitrogen and oxygen atoms in total. The van der Waals surface area contributed by atoms with E-state index in [4.69, 9.17) is 5.73 Å². The molecule has 0 aliphatic heterocycles. The Kier molecular flexibility index (Phi) is 4.33. The van der Waals surface area contributed by atoms with E-state index in [1.807, 2.05) is 18.5 Å². The number of aromatic nitrogens is 1. The van der Waals surface area contributed by atoms with E-state index in [-0.39, 0.29) is 6.04 Å². The minimum atomic E-state index is 0.0351. The molecule has 1 atom stereocenters. The lowest BCUT2D eigenvalue weighted by Crippen LogP contribution is -2.14. The van der Waals surface area contributed by atoms with Gasteiger partial charge in [-0.05, 0) is 47.6 Å². The fourth-order valence-corrected chi connectivity index (χ4v) is 2.30. The normalized spacial score (nSPS) is 12.7. The Balaban J connectivity index is 2.11. The molecular weight excluding hydrogens is 232 g/mol. The topological polar surface area (TPSA) is 38.9 Å². The van der Waals surface area contributed by atoms with Gasteiger partial charge in [-0.15, -0.1) is 0 Å². The van der Waals surface area contributed by atoms with Crippen LogP contribution in [0.1, 0.15) is 48.1 Å². The van der Waals surface area contributed by atoms with Crippen molar-refractivity contribution >= 4 is 0 Å². The van der Waals surface area contributed by atoms with Crippen molar-refractivity contribution in [2.75, 3.05) is 0 Å². The van der Waals surface area contributed by atoms with E-state index in [0.717, 1.165) is 12.0 Å². The van der Waals surface area contributed by atoms with E-state index in [2.05, 4.69) is 50.0 Å². The first-order chi connectivity index (χ1) is 9.08. The molecule has 0 aliphatic rings. The maximum Gasteiger partial charge on any atom is 0.0339 e. The number of nitrogens with two attached hydrogens (primary N) is 1. The lowest BCUT2D eigenvalue weighted by Gasteiger charge is -2.15. The van der Waals surface area contributed by atoms with Crippen molar-refractivity contribution in [1.82, 2.24) is 4.98 Å². The Hall–Kier alpha value is -1.67. The van der Waals surface area contributed by atoms with Crippen molar-refractivity contribution in [2.24, 2.45) is 5.73 Å². The predicted molar refractivity (Wildman–Crippen MR) is 80.1 cm³/mol. The van der Waals surface area contributed by atoms with Crippen molar-refractivity contribution in [3.63, 3.8) is 0 Å². The quantitative estimate of drug-likeness (QED) is 0.902. The standard InChI is InChI=1S/C17H22N2/c1-12(2)15-6-4-14(5-7-15)10-17(18)16-8-9-19-11-13(16)3/h4-9,11-12,17H,10,18H2,1-3H3. The van der Waals surface area contributed by atoms with Gasteiger partial charge in [-0.25, -0.2) is 0 Å². The highest BCUT2D eigenvalue weighted by Gasteiger charge is 2.10. The van der Waals surface area contributed by atoms with Crippen LogP contribution in [0.3, 0.4) is 0 Å². The van der Waals surface area contributed by atoms with Gasteiger partial charge >= 0.3 is 0 Å². The monoisotopic (exact) mass is 254 g/mol. The smallest absolute Gasteiger partial charge is 0.0339 e. The van der Waals surface area contributed by atoms with Crippen LogP contribution in [0, 0.1) is 6.92 Å². The van der Waals surface area contributed by atoms with Crippen molar-refractivity contribution in [3.8, 4) is 0 Å². The number of benzene rings is 1. The number of rotatable bonds is 4. The molecule has 1 aromatic carbocycles. The summed E-state index contributed by atoms with van der Waals surface area (Å²) in [5.74, 6) is 0.574. The van der Waals surface area contributed by atoms with E-state index in [0.29, 0.717) is 5.92 Å². The van der Waals surface area contributed by atoms with Crippen LogP contribution in [-0.4, -0.2) is 4.98 Å². The summed E-state index contributed by atoms with van der Waals surface area (Å²) in [5, 5.41) is 0. The van der Waals surface area contributed by atoms with E-state index >= 15 is 0 Å². The first-order valence-corrected chi connectivity index (χ1v) is 6.83. The number of pyridine rings is 1. The molecule has 0 bridgehead atoms. The van der Waals surface area contributed by atoms with Crippen LogP contribution in [0.2, 0.25) is 0 Å². The van der Waals surface area contributed by atoms with Crippen LogP contribution >= 0.6 is 0 Å². The summed E-state index contributed by atoms with van der Waals surface area (Å²) in [5.41, 5.74) is 11.3. The lowest BCUT2D eigenvalue weighted by atomic mass is 9.95. The summed E-state index contributed by atoms with van der Waals surface area (Å²) in [6.45, 7) is 6.48. The highest BCUT2D eigenvalue weighted by atomic mass is 14.7. The van der Waals surface area contributed by atoms with Crippen LogP contribution in [-0.2, 0) is 6.42 Å². The Morgan fingerprint density at radius 3 is 2.37 bits per heavy atom. The van der Waals surface area contributed by atoms with Crippen molar-refractivity contribution in [1.29, 1.82) is 0 Å². The molecule has 1 unspecified atom stereocenters. The van der Waals surface area contributed by atoms with Gasteiger partial charge in [0.1, 0.15) is 0 Å². The van der Waals surface area contributed by atoms with Crippen LogP contribution in [0.15, 0.2) is 42.7 Å². The third kappa shape index (κ3) is 3.42. The molecular formula is C17H22N2. The summed E-state index contributed by atoms with van der Waals surface area (Å²) in [6, 6.07) is 10.8. The molecule has 1 aromatic heterocycles. The van der Waals surface area contributed by atoms with Crippen LogP contribution in [0.5, 0.6) is 0 Å². The molecule has 0 spiro atoms. The van der Waals surface area contributed by atoms with Gasteiger partial charge in [0.05, 0.1) is 0 Å². The van der Waals surface area contributed by atoms with E-state index in [9.17, 15) is 0 Å². The molecule has 2 rings (SSSR count). The molecule has 0 amide bonds. The number of aryl methyl sites for hydroxylation is 1. The molecule has 0 saturated heterocycles. The highest BCUT2D eigenvalue weighted by molar-refractivity contribution is 5.29. The van der Waals surface area contributed by atoms with Crippen molar-refractivity contribution < 1.29 is 0 Å². The molecule has 0 saturated carbocycles. The molecule has 2 aromatic rings. The Morgan fingerprint density at radius 2 is 1.79 bits per heavy atom. The fourth-order valence-electron chi connectivity index (χ4n) is 2.30. The third-order valence-corrected chi connectivity index (χ3v) is 3.57. The van der Waals surface area contributed by atoms with E-state index in [1.165, 1.54) is 16.7 Å². The molecule has 0 aliphatic carbocycles. The highest BCUT2D eigenvalue weighted by Crippen LogP contribution is 2.20. The van der Waals surface area contributed by atoms with Gasteiger partial charge in [0.2, 0.25) is 0 Å². The lowest BCUT2D eigenvalue weighted by molar-refractivity contribution is 0.714. The zero-order chi connectivity index (χ0) is 13.8. The van der Waals surface area contributed by atoms with Gasteiger partial charge in [0, 0.05) is 18.4 Å². The fraction of sp³-hybridized carbons (Fsp3) is 0.353. The Bertz CT molecular complexity index is 529. The molecule has 2 heteroatoms. The van der Waals surface area contributed by atoms with Gasteiger partial charge in [0.25, 0.3) is 0 Å². The number of nitrogens with zero attached hydrogens (tertiary/aromatic N) is 1. The second-order valence-electron chi connectivity index (χ2n) is 5.44. The second-order valence-corrected chi connectivity index (χ2v) is 5.44. The minimum absolute atomic E-state index is 0.0351. The molecule has 0 radical (unpaired) electrons. The molecule has 1 heterocycles. The first-order valence-electron chi connectivity index (χ1n) is 6.83. The molecule has 100 valence electrons. The van der Waals surface area contributed by atoms with Crippen molar-refractivity contribution in [2.45, 2.75) is 39.2 Å². The van der Waals surface area contributed by atoms with Gasteiger partial charge in [-0.3, -0.25) is 4.98 Å². The van der Waals surface area contributed by atoms with E-state index in [1.54, 1.807) is 0 Å². The minimum Gasteiger partial charge on any atom is -0.324 e. The van der Waals surface area contributed by atoms with Crippen LogP contribution in [0.25, 0.3) is 0 Å². The summed E-state index contributed by atoms with van der Waals surface area (Å²) in [7, 11) is 0. The summed E-state index contributed by atoms with van der Waals surface area (Å²) in [6.07, 6.45) is 4.55. The number of hydrogen-bond acceptors (Lipinski definition) is 2. The second kappa shape index (κ2) is 5.98. The molecule has 0 fully saturated rings. The van der Waals surface area contributed by atoms with Crippen LogP contribution < -0.4 is 5.73 Å². The predicted octanol–water partition coefficient (Wildman–Crippen LogP) is 3.76.